The van der Waals surface area contributed by atoms with Gasteiger partial charge in [0.15, 0.2) is 0 Å². The number of likely N-dealkylation sites (N-methyl/N-ethyl adjacent to an activating group) is 1. The molecule has 0 fully saturated rings. The van der Waals surface area contributed by atoms with Crippen molar-refractivity contribution in [3.05, 3.63) is 42.5 Å². The van der Waals surface area contributed by atoms with E-state index in [0.717, 1.165) is 24.4 Å². The molecule has 92 valence electrons. The molecular weight excluding hydrogens is 212 g/mol. The Morgan fingerprint density at radius 2 is 1.94 bits per heavy atom. The highest BCUT2D eigenvalue weighted by Gasteiger charge is 2.08. The van der Waals surface area contributed by atoms with Crippen LogP contribution in [0.1, 0.15) is 13.8 Å². The van der Waals surface area contributed by atoms with Crippen LogP contribution >= 0.6 is 0 Å². The topological polar surface area (TPSA) is 32.3 Å². The van der Waals surface area contributed by atoms with E-state index in [9.17, 15) is 4.79 Å². The summed E-state index contributed by atoms with van der Waals surface area (Å²) >= 11 is 0. The van der Waals surface area contributed by atoms with Gasteiger partial charge >= 0.3 is 0 Å². The third-order valence-electron chi connectivity index (χ3n) is 2.37. The zero-order valence-corrected chi connectivity index (χ0v) is 10.6. The monoisotopic (exact) mass is 232 g/mol. The molecule has 0 atom stereocenters. The highest BCUT2D eigenvalue weighted by atomic mass is 16.2. The maximum Gasteiger partial charge on any atom is 0.238 e. The van der Waals surface area contributed by atoms with Crippen molar-refractivity contribution in [1.29, 1.82) is 0 Å². The summed E-state index contributed by atoms with van der Waals surface area (Å²) in [4.78, 5) is 13.8. The van der Waals surface area contributed by atoms with Gasteiger partial charge in [0.1, 0.15) is 0 Å². The summed E-state index contributed by atoms with van der Waals surface area (Å²) in [5.74, 6) is 0.0132. The summed E-state index contributed by atoms with van der Waals surface area (Å²) < 4.78 is 0. The van der Waals surface area contributed by atoms with Crippen molar-refractivity contribution in [2.75, 3.05) is 25.0 Å². The number of benzene rings is 1. The second kappa shape index (κ2) is 6.86. The third-order valence-corrected chi connectivity index (χ3v) is 2.37. The molecule has 0 spiro atoms. The van der Waals surface area contributed by atoms with Gasteiger partial charge in [-0.15, -0.1) is 0 Å². The number of para-hydroxylation sites is 1. The van der Waals surface area contributed by atoms with Gasteiger partial charge in [-0.1, -0.05) is 37.3 Å². The van der Waals surface area contributed by atoms with Gasteiger partial charge in [0.2, 0.25) is 5.91 Å². The summed E-state index contributed by atoms with van der Waals surface area (Å²) in [6.45, 7) is 9.88. The van der Waals surface area contributed by atoms with Gasteiger partial charge in [0.05, 0.1) is 6.54 Å². The molecule has 0 saturated carbocycles. The molecule has 0 aliphatic rings. The van der Waals surface area contributed by atoms with Crippen LogP contribution < -0.4 is 5.32 Å². The Kier molecular flexibility index (Phi) is 5.43. The zero-order valence-electron chi connectivity index (χ0n) is 10.6. The lowest BCUT2D eigenvalue weighted by Crippen LogP contribution is -2.34. The fraction of sp³-hybridized carbons (Fsp3) is 0.357. The summed E-state index contributed by atoms with van der Waals surface area (Å²) in [6, 6.07) is 9.50. The Morgan fingerprint density at radius 3 is 2.47 bits per heavy atom. The second-order valence-corrected chi connectivity index (χ2v) is 4.17. The lowest BCUT2D eigenvalue weighted by Gasteiger charge is -2.19. The van der Waals surface area contributed by atoms with Crippen LogP contribution in [0.4, 0.5) is 5.69 Å². The van der Waals surface area contributed by atoms with Crippen molar-refractivity contribution < 1.29 is 4.79 Å². The SMILES string of the molecule is C=C(C)CN(CC)CC(=O)Nc1ccccc1. The number of amides is 1. The molecular formula is C14H20N2O. The number of rotatable bonds is 6. The minimum absolute atomic E-state index is 0.0132. The van der Waals surface area contributed by atoms with E-state index >= 15 is 0 Å². The molecule has 17 heavy (non-hydrogen) atoms. The van der Waals surface area contributed by atoms with E-state index in [0.29, 0.717) is 6.54 Å². The van der Waals surface area contributed by atoms with Crippen LogP contribution in [0.25, 0.3) is 0 Å². The molecule has 3 nitrogen and oxygen atoms in total. The van der Waals surface area contributed by atoms with Gasteiger partial charge in [0.25, 0.3) is 0 Å². The number of nitrogens with one attached hydrogen (secondary N) is 1. The largest absolute Gasteiger partial charge is 0.325 e. The smallest absolute Gasteiger partial charge is 0.238 e. The number of hydrogen-bond donors (Lipinski definition) is 1. The van der Waals surface area contributed by atoms with E-state index in [1.807, 2.05) is 44.2 Å². The maximum atomic E-state index is 11.8. The van der Waals surface area contributed by atoms with Crippen LogP contribution in [-0.2, 0) is 4.79 Å². The predicted molar refractivity (Wildman–Crippen MR) is 72.0 cm³/mol. The third kappa shape index (κ3) is 5.31. The predicted octanol–water partition coefficient (Wildman–Crippen LogP) is 2.52. The van der Waals surface area contributed by atoms with Crippen LogP contribution in [0, 0.1) is 0 Å². The molecule has 0 saturated heterocycles. The Labute approximate surface area is 103 Å². The minimum atomic E-state index is 0.0132. The molecule has 0 aliphatic carbocycles. The first-order chi connectivity index (χ1) is 8.11. The lowest BCUT2D eigenvalue weighted by atomic mass is 10.3. The van der Waals surface area contributed by atoms with Gasteiger partial charge in [-0.2, -0.15) is 0 Å². The first kappa shape index (κ1) is 13.5. The molecule has 1 N–H and O–H groups in total. The zero-order chi connectivity index (χ0) is 12.7. The molecule has 3 heteroatoms. The quantitative estimate of drug-likeness (QED) is 0.764. The fourth-order valence-electron chi connectivity index (χ4n) is 1.59. The average molecular weight is 232 g/mol. The van der Waals surface area contributed by atoms with Crippen LogP contribution in [0.3, 0.4) is 0 Å². The van der Waals surface area contributed by atoms with Crippen LogP contribution in [-0.4, -0.2) is 30.4 Å². The molecule has 0 bridgehead atoms. The normalized spacial score (nSPS) is 10.3. The fourth-order valence-corrected chi connectivity index (χ4v) is 1.59. The standard InChI is InChI=1S/C14H20N2O/c1-4-16(10-12(2)3)11-14(17)15-13-8-6-5-7-9-13/h5-9H,2,4,10-11H2,1,3H3,(H,15,17). The van der Waals surface area contributed by atoms with Crippen molar-refractivity contribution in [3.63, 3.8) is 0 Å². The molecule has 0 aliphatic heterocycles. The van der Waals surface area contributed by atoms with Crippen molar-refractivity contribution in [2.24, 2.45) is 0 Å². The molecule has 0 unspecified atom stereocenters. The number of hydrogen-bond acceptors (Lipinski definition) is 2. The Hall–Kier alpha value is -1.61. The van der Waals surface area contributed by atoms with Gasteiger partial charge in [0, 0.05) is 12.2 Å². The average Bonchev–Trinajstić information content (AvgIpc) is 2.28. The number of carbonyl (C=O) groups is 1. The molecule has 0 aromatic heterocycles. The van der Waals surface area contributed by atoms with E-state index < -0.39 is 0 Å². The molecule has 0 radical (unpaired) electrons. The number of nitrogens with zero attached hydrogens (tertiary/aromatic N) is 1. The van der Waals surface area contributed by atoms with E-state index in [-0.39, 0.29) is 5.91 Å². The van der Waals surface area contributed by atoms with E-state index in [1.54, 1.807) is 0 Å². The number of carbonyl (C=O) groups excluding carboxylic acids is 1. The Bertz CT molecular complexity index is 373. The molecule has 1 amide bonds. The number of anilines is 1. The molecule has 1 aromatic rings. The lowest BCUT2D eigenvalue weighted by molar-refractivity contribution is -0.117. The van der Waals surface area contributed by atoms with E-state index in [2.05, 4.69) is 16.8 Å². The van der Waals surface area contributed by atoms with Gasteiger partial charge < -0.3 is 5.32 Å². The first-order valence-electron chi connectivity index (χ1n) is 5.83. The molecule has 0 heterocycles. The Balaban J connectivity index is 2.45. The highest BCUT2D eigenvalue weighted by molar-refractivity contribution is 5.92. The molecule has 1 aromatic carbocycles. The maximum absolute atomic E-state index is 11.8. The highest BCUT2D eigenvalue weighted by Crippen LogP contribution is 2.05. The second-order valence-electron chi connectivity index (χ2n) is 4.17. The van der Waals surface area contributed by atoms with Crippen molar-refractivity contribution in [2.45, 2.75) is 13.8 Å². The van der Waals surface area contributed by atoms with Gasteiger partial charge in [-0.25, -0.2) is 0 Å². The summed E-state index contributed by atoms with van der Waals surface area (Å²) in [7, 11) is 0. The minimum Gasteiger partial charge on any atom is -0.325 e. The van der Waals surface area contributed by atoms with Gasteiger partial charge in [-0.05, 0) is 25.6 Å². The van der Waals surface area contributed by atoms with E-state index in [1.165, 1.54) is 0 Å². The van der Waals surface area contributed by atoms with Crippen molar-refractivity contribution in [3.8, 4) is 0 Å². The van der Waals surface area contributed by atoms with Crippen molar-refractivity contribution >= 4 is 11.6 Å². The van der Waals surface area contributed by atoms with Gasteiger partial charge in [-0.3, -0.25) is 9.69 Å². The van der Waals surface area contributed by atoms with Crippen LogP contribution in [0.15, 0.2) is 42.5 Å². The first-order valence-corrected chi connectivity index (χ1v) is 5.83. The van der Waals surface area contributed by atoms with E-state index in [4.69, 9.17) is 0 Å². The van der Waals surface area contributed by atoms with Crippen molar-refractivity contribution in [1.82, 2.24) is 4.90 Å². The molecule has 1 rings (SSSR count). The van der Waals surface area contributed by atoms with Crippen LogP contribution in [0.2, 0.25) is 0 Å². The van der Waals surface area contributed by atoms with Crippen LogP contribution in [0.5, 0.6) is 0 Å². The summed E-state index contributed by atoms with van der Waals surface area (Å²) in [5, 5.41) is 2.87. The summed E-state index contributed by atoms with van der Waals surface area (Å²) in [6.07, 6.45) is 0. The Morgan fingerprint density at radius 1 is 1.29 bits per heavy atom. The summed E-state index contributed by atoms with van der Waals surface area (Å²) in [5.41, 5.74) is 1.91.